The van der Waals surface area contributed by atoms with E-state index >= 15 is 0 Å². The van der Waals surface area contributed by atoms with Gasteiger partial charge in [-0.05, 0) is 48.9 Å². The number of aryl methyl sites for hydroxylation is 2. The summed E-state index contributed by atoms with van der Waals surface area (Å²) < 4.78 is 5.34. The molecule has 4 nitrogen and oxygen atoms in total. The van der Waals surface area contributed by atoms with Gasteiger partial charge in [0.1, 0.15) is 5.75 Å². The number of rotatable bonds is 3. The third-order valence-corrected chi connectivity index (χ3v) is 4.01. The van der Waals surface area contributed by atoms with Gasteiger partial charge in [0, 0.05) is 17.8 Å². The molecule has 0 bridgehead atoms. The largest absolute Gasteiger partial charge is 0.497 e. The number of anilines is 1. The van der Waals surface area contributed by atoms with Crippen molar-refractivity contribution in [1.29, 1.82) is 0 Å². The number of nitrogens with zero attached hydrogens (tertiary/aromatic N) is 2. The first kappa shape index (κ1) is 11.7. The van der Waals surface area contributed by atoms with Gasteiger partial charge in [-0.1, -0.05) is 6.07 Å². The van der Waals surface area contributed by atoms with Crippen molar-refractivity contribution >= 4 is 5.95 Å². The summed E-state index contributed by atoms with van der Waals surface area (Å²) in [6.45, 7) is 0. The molecular formula is C16H17N3O. The number of nitrogens with one attached hydrogen (secondary N) is 1. The molecule has 0 spiro atoms. The summed E-state index contributed by atoms with van der Waals surface area (Å²) >= 11 is 0. The summed E-state index contributed by atoms with van der Waals surface area (Å²) in [5, 5.41) is 3.37. The molecule has 20 heavy (non-hydrogen) atoms. The van der Waals surface area contributed by atoms with Gasteiger partial charge in [0.15, 0.2) is 0 Å². The monoisotopic (exact) mass is 267 g/mol. The van der Waals surface area contributed by atoms with Gasteiger partial charge in [0.05, 0.1) is 12.8 Å². The van der Waals surface area contributed by atoms with Crippen molar-refractivity contribution in [3.63, 3.8) is 0 Å². The summed E-state index contributed by atoms with van der Waals surface area (Å²) in [5.74, 6) is 1.63. The van der Waals surface area contributed by atoms with Gasteiger partial charge < -0.3 is 10.1 Å². The van der Waals surface area contributed by atoms with E-state index in [1.165, 1.54) is 29.5 Å². The third-order valence-electron chi connectivity index (χ3n) is 4.01. The normalized spacial score (nSPS) is 16.2. The average molecular weight is 267 g/mol. The van der Waals surface area contributed by atoms with Crippen molar-refractivity contribution in [1.82, 2.24) is 9.97 Å². The summed E-state index contributed by atoms with van der Waals surface area (Å²) in [4.78, 5) is 9.17. The molecule has 4 heteroatoms. The molecule has 1 aromatic heterocycles. The average Bonchev–Trinajstić information content (AvgIpc) is 3.30. The highest BCUT2D eigenvalue weighted by Crippen LogP contribution is 2.35. The molecule has 2 aliphatic rings. The summed E-state index contributed by atoms with van der Waals surface area (Å²) in [6.07, 6.45) is 6.48. The van der Waals surface area contributed by atoms with Gasteiger partial charge in [0.25, 0.3) is 0 Å². The number of methoxy groups -OCH3 is 1. The maximum atomic E-state index is 5.34. The van der Waals surface area contributed by atoms with E-state index in [2.05, 4.69) is 22.4 Å². The minimum Gasteiger partial charge on any atom is -0.497 e. The van der Waals surface area contributed by atoms with Crippen LogP contribution < -0.4 is 10.1 Å². The first-order valence-corrected chi connectivity index (χ1v) is 7.13. The van der Waals surface area contributed by atoms with Crippen molar-refractivity contribution in [3.05, 3.63) is 35.5 Å². The lowest BCUT2D eigenvalue weighted by Gasteiger charge is -2.19. The Kier molecular flexibility index (Phi) is 2.62. The van der Waals surface area contributed by atoms with Crippen LogP contribution >= 0.6 is 0 Å². The smallest absolute Gasteiger partial charge is 0.223 e. The minimum absolute atomic E-state index is 0.571. The topological polar surface area (TPSA) is 47.0 Å². The van der Waals surface area contributed by atoms with Gasteiger partial charge in [-0.3, -0.25) is 0 Å². The zero-order valence-corrected chi connectivity index (χ0v) is 11.5. The second-order valence-corrected chi connectivity index (χ2v) is 5.51. The van der Waals surface area contributed by atoms with E-state index in [-0.39, 0.29) is 0 Å². The lowest BCUT2D eigenvalue weighted by atomic mass is 9.90. The van der Waals surface area contributed by atoms with Gasteiger partial charge >= 0.3 is 0 Å². The fourth-order valence-corrected chi connectivity index (χ4v) is 2.69. The Bertz CT molecular complexity index is 665. The summed E-state index contributed by atoms with van der Waals surface area (Å²) in [5.41, 5.74) is 4.82. The molecule has 2 aliphatic carbocycles. The highest BCUT2D eigenvalue weighted by atomic mass is 16.5. The van der Waals surface area contributed by atoms with Crippen LogP contribution in [0.25, 0.3) is 11.3 Å². The van der Waals surface area contributed by atoms with Crippen LogP contribution in [0.1, 0.15) is 24.0 Å². The van der Waals surface area contributed by atoms with Crippen LogP contribution in [0, 0.1) is 0 Å². The summed E-state index contributed by atoms with van der Waals surface area (Å²) in [6, 6.07) is 6.82. The van der Waals surface area contributed by atoms with E-state index in [9.17, 15) is 0 Å². The van der Waals surface area contributed by atoms with Crippen LogP contribution in [-0.2, 0) is 12.8 Å². The molecule has 1 fully saturated rings. The highest BCUT2D eigenvalue weighted by Gasteiger charge is 2.24. The van der Waals surface area contributed by atoms with Crippen LogP contribution in [0.15, 0.2) is 24.4 Å². The van der Waals surface area contributed by atoms with Crippen molar-refractivity contribution in [3.8, 4) is 17.0 Å². The fraction of sp³-hybridized carbons (Fsp3) is 0.375. The van der Waals surface area contributed by atoms with Crippen LogP contribution in [0.3, 0.4) is 0 Å². The van der Waals surface area contributed by atoms with Gasteiger partial charge in [0.2, 0.25) is 5.95 Å². The molecule has 1 N–H and O–H groups in total. The lowest BCUT2D eigenvalue weighted by molar-refractivity contribution is 0.415. The van der Waals surface area contributed by atoms with Crippen LogP contribution in [-0.4, -0.2) is 23.1 Å². The van der Waals surface area contributed by atoms with E-state index in [1.807, 2.05) is 12.3 Å². The van der Waals surface area contributed by atoms with Gasteiger partial charge in [-0.2, -0.15) is 0 Å². The van der Waals surface area contributed by atoms with E-state index in [1.54, 1.807) is 7.11 Å². The number of fused-ring (bicyclic) bond motifs is 3. The van der Waals surface area contributed by atoms with E-state index in [4.69, 9.17) is 9.72 Å². The molecule has 1 saturated carbocycles. The van der Waals surface area contributed by atoms with Crippen LogP contribution in [0.5, 0.6) is 5.75 Å². The summed E-state index contributed by atoms with van der Waals surface area (Å²) in [7, 11) is 1.70. The predicted molar refractivity (Wildman–Crippen MR) is 78.1 cm³/mol. The highest BCUT2D eigenvalue weighted by molar-refractivity contribution is 5.71. The Hall–Kier alpha value is -2.10. The quantitative estimate of drug-likeness (QED) is 0.929. The molecule has 1 heterocycles. The number of hydrogen-bond acceptors (Lipinski definition) is 4. The Labute approximate surface area is 118 Å². The van der Waals surface area contributed by atoms with E-state index < -0.39 is 0 Å². The SMILES string of the molecule is COc1ccc2c(c1)-c1nc(NC3CC3)ncc1CC2. The first-order chi connectivity index (χ1) is 9.83. The standard InChI is InChI=1S/C16H17N3O/c1-20-13-7-4-10-2-3-11-9-17-16(18-12-5-6-12)19-15(11)14(10)8-13/h4,7-9,12H,2-3,5-6H2,1H3,(H,17,18,19). The molecule has 0 amide bonds. The molecule has 4 rings (SSSR count). The van der Waals surface area contributed by atoms with Crippen molar-refractivity contribution in [2.45, 2.75) is 31.7 Å². The molecule has 0 atom stereocenters. The maximum absolute atomic E-state index is 5.34. The molecule has 0 radical (unpaired) electrons. The van der Waals surface area contributed by atoms with Crippen LogP contribution in [0.2, 0.25) is 0 Å². The Morgan fingerprint density at radius 1 is 1.20 bits per heavy atom. The second kappa shape index (κ2) is 4.47. The number of ether oxygens (including phenoxy) is 1. The predicted octanol–water partition coefficient (Wildman–Crippen LogP) is 2.83. The molecule has 0 unspecified atom stereocenters. The molecule has 102 valence electrons. The minimum atomic E-state index is 0.571. The molecule has 0 saturated heterocycles. The Morgan fingerprint density at radius 2 is 2.05 bits per heavy atom. The van der Waals surface area contributed by atoms with Crippen molar-refractivity contribution in [2.75, 3.05) is 12.4 Å². The number of benzene rings is 1. The molecule has 0 aliphatic heterocycles. The van der Waals surface area contributed by atoms with Crippen molar-refractivity contribution in [2.24, 2.45) is 0 Å². The second-order valence-electron chi connectivity index (χ2n) is 5.51. The van der Waals surface area contributed by atoms with E-state index in [0.717, 1.165) is 30.2 Å². The zero-order chi connectivity index (χ0) is 13.5. The third kappa shape index (κ3) is 2.01. The van der Waals surface area contributed by atoms with Crippen molar-refractivity contribution < 1.29 is 4.74 Å². The Morgan fingerprint density at radius 3 is 2.85 bits per heavy atom. The van der Waals surface area contributed by atoms with Gasteiger partial charge in [-0.25, -0.2) is 9.97 Å². The molecular weight excluding hydrogens is 250 g/mol. The fourth-order valence-electron chi connectivity index (χ4n) is 2.69. The molecule has 2 aromatic rings. The first-order valence-electron chi connectivity index (χ1n) is 7.13. The Balaban J connectivity index is 1.79. The lowest BCUT2D eigenvalue weighted by Crippen LogP contribution is -2.11. The van der Waals surface area contributed by atoms with Crippen LogP contribution in [0.4, 0.5) is 5.95 Å². The van der Waals surface area contributed by atoms with E-state index in [0.29, 0.717) is 6.04 Å². The zero-order valence-electron chi connectivity index (χ0n) is 11.5. The maximum Gasteiger partial charge on any atom is 0.223 e. The molecule has 1 aromatic carbocycles. The number of aromatic nitrogens is 2. The number of hydrogen-bond donors (Lipinski definition) is 1. The van der Waals surface area contributed by atoms with Gasteiger partial charge in [-0.15, -0.1) is 0 Å².